The SMILES string of the molecule is Cn1cncc1C(=O)N1CCC(CO)C1. The number of aliphatic hydroxyl groups is 1. The van der Waals surface area contributed by atoms with Gasteiger partial charge in [-0.3, -0.25) is 4.79 Å². The molecule has 0 radical (unpaired) electrons. The lowest BCUT2D eigenvalue weighted by Crippen LogP contribution is -2.30. The zero-order valence-electron chi connectivity index (χ0n) is 8.76. The first-order valence-electron chi connectivity index (χ1n) is 5.09. The van der Waals surface area contributed by atoms with Crippen molar-refractivity contribution < 1.29 is 9.90 Å². The molecule has 2 heterocycles. The van der Waals surface area contributed by atoms with Gasteiger partial charge in [0.1, 0.15) is 5.69 Å². The maximum absolute atomic E-state index is 12.0. The van der Waals surface area contributed by atoms with Crippen LogP contribution in [0.25, 0.3) is 0 Å². The number of carbonyl (C=O) groups is 1. The molecule has 0 spiro atoms. The first-order chi connectivity index (χ1) is 7.22. The Bertz CT molecular complexity index is 361. The number of aryl methyl sites for hydroxylation is 1. The molecule has 1 aromatic heterocycles. The fourth-order valence-corrected chi connectivity index (χ4v) is 1.89. The summed E-state index contributed by atoms with van der Waals surface area (Å²) < 4.78 is 1.72. The molecule has 82 valence electrons. The van der Waals surface area contributed by atoms with Gasteiger partial charge in [-0.1, -0.05) is 0 Å². The largest absolute Gasteiger partial charge is 0.396 e. The molecular weight excluding hydrogens is 194 g/mol. The van der Waals surface area contributed by atoms with Gasteiger partial charge in [0.15, 0.2) is 0 Å². The quantitative estimate of drug-likeness (QED) is 0.738. The molecule has 1 saturated heterocycles. The van der Waals surface area contributed by atoms with Crippen molar-refractivity contribution in [1.82, 2.24) is 14.5 Å². The first-order valence-corrected chi connectivity index (χ1v) is 5.09. The van der Waals surface area contributed by atoms with E-state index in [1.165, 1.54) is 0 Å². The maximum atomic E-state index is 12.0. The highest BCUT2D eigenvalue weighted by Crippen LogP contribution is 2.17. The standard InChI is InChI=1S/C10H15N3O2/c1-12-7-11-4-9(12)10(15)13-3-2-8(5-13)6-14/h4,7-8,14H,2-3,5-6H2,1H3. The molecule has 0 aliphatic carbocycles. The van der Waals surface area contributed by atoms with Crippen LogP contribution in [-0.2, 0) is 7.05 Å². The summed E-state index contributed by atoms with van der Waals surface area (Å²) >= 11 is 0. The number of rotatable bonds is 2. The number of likely N-dealkylation sites (tertiary alicyclic amines) is 1. The number of carbonyl (C=O) groups excluding carboxylic acids is 1. The molecule has 0 aromatic carbocycles. The highest BCUT2D eigenvalue weighted by atomic mass is 16.3. The second-order valence-electron chi connectivity index (χ2n) is 3.98. The van der Waals surface area contributed by atoms with Gasteiger partial charge in [0, 0.05) is 32.7 Å². The predicted octanol–water partition coefficient (Wildman–Crippen LogP) is -0.126. The highest BCUT2D eigenvalue weighted by Gasteiger charge is 2.27. The van der Waals surface area contributed by atoms with Crippen molar-refractivity contribution in [2.24, 2.45) is 13.0 Å². The molecule has 1 fully saturated rings. The summed E-state index contributed by atoms with van der Waals surface area (Å²) in [6.45, 7) is 1.55. The van der Waals surface area contributed by atoms with Crippen LogP contribution >= 0.6 is 0 Å². The van der Waals surface area contributed by atoms with Crippen LogP contribution in [0, 0.1) is 5.92 Å². The molecule has 1 aromatic rings. The zero-order valence-corrected chi connectivity index (χ0v) is 8.76. The van der Waals surface area contributed by atoms with Crippen LogP contribution in [0.15, 0.2) is 12.5 Å². The van der Waals surface area contributed by atoms with Crippen LogP contribution < -0.4 is 0 Å². The molecule has 1 amide bonds. The summed E-state index contributed by atoms with van der Waals surface area (Å²) in [6, 6.07) is 0. The Morgan fingerprint density at radius 1 is 1.73 bits per heavy atom. The number of amides is 1. The van der Waals surface area contributed by atoms with Crippen molar-refractivity contribution >= 4 is 5.91 Å². The van der Waals surface area contributed by atoms with Gasteiger partial charge in [-0.15, -0.1) is 0 Å². The van der Waals surface area contributed by atoms with Crippen LogP contribution in [0.1, 0.15) is 16.9 Å². The van der Waals surface area contributed by atoms with E-state index < -0.39 is 0 Å². The van der Waals surface area contributed by atoms with Crippen molar-refractivity contribution in [2.45, 2.75) is 6.42 Å². The molecule has 1 aliphatic heterocycles. The van der Waals surface area contributed by atoms with Gasteiger partial charge in [0.2, 0.25) is 0 Å². The van der Waals surface area contributed by atoms with E-state index in [-0.39, 0.29) is 18.4 Å². The van der Waals surface area contributed by atoms with Gasteiger partial charge in [-0.2, -0.15) is 0 Å². The summed E-state index contributed by atoms with van der Waals surface area (Å²) in [5.74, 6) is 0.244. The molecular formula is C10H15N3O2. The number of hydrogen-bond donors (Lipinski definition) is 1. The van der Waals surface area contributed by atoms with Crippen molar-refractivity contribution in [3.05, 3.63) is 18.2 Å². The fourth-order valence-electron chi connectivity index (χ4n) is 1.89. The van der Waals surface area contributed by atoms with Gasteiger partial charge in [0.25, 0.3) is 5.91 Å². The Kier molecular flexibility index (Phi) is 2.73. The van der Waals surface area contributed by atoms with E-state index in [1.54, 1.807) is 29.0 Å². The second kappa shape index (κ2) is 4.02. The Balaban J connectivity index is 2.07. The van der Waals surface area contributed by atoms with Gasteiger partial charge in [-0.25, -0.2) is 4.98 Å². The van der Waals surface area contributed by atoms with Crippen LogP contribution in [0.2, 0.25) is 0 Å². The molecule has 1 N–H and O–H groups in total. The van der Waals surface area contributed by atoms with E-state index in [4.69, 9.17) is 5.11 Å². The van der Waals surface area contributed by atoms with Crippen LogP contribution in [-0.4, -0.2) is 45.2 Å². The zero-order chi connectivity index (χ0) is 10.8. The third-order valence-corrected chi connectivity index (χ3v) is 2.87. The Morgan fingerprint density at radius 3 is 3.07 bits per heavy atom. The molecule has 0 bridgehead atoms. The van der Waals surface area contributed by atoms with Gasteiger partial charge >= 0.3 is 0 Å². The fraction of sp³-hybridized carbons (Fsp3) is 0.600. The molecule has 1 atom stereocenters. The highest BCUT2D eigenvalue weighted by molar-refractivity contribution is 5.92. The Hall–Kier alpha value is -1.36. The topological polar surface area (TPSA) is 58.4 Å². The van der Waals surface area contributed by atoms with Gasteiger partial charge in [-0.05, 0) is 6.42 Å². The first kappa shape index (κ1) is 10.2. The van der Waals surface area contributed by atoms with Crippen LogP contribution in [0.3, 0.4) is 0 Å². The molecule has 1 unspecified atom stereocenters. The van der Waals surface area contributed by atoms with E-state index in [9.17, 15) is 4.79 Å². The minimum atomic E-state index is 0.00551. The third kappa shape index (κ3) is 1.87. The van der Waals surface area contributed by atoms with E-state index in [0.717, 1.165) is 13.0 Å². The monoisotopic (exact) mass is 209 g/mol. The van der Waals surface area contributed by atoms with E-state index in [0.29, 0.717) is 12.2 Å². The maximum Gasteiger partial charge on any atom is 0.272 e. The molecule has 5 nitrogen and oxygen atoms in total. The van der Waals surface area contributed by atoms with Crippen LogP contribution in [0.5, 0.6) is 0 Å². The van der Waals surface area contributed by atoms with Crippen molar-refractivity contribution in [3.63, 3.8) is 0 Å². The molecule has 5 heteroatoms. The summed E-state index contributed by atoms with van der Waals surface area (Å²) in [5.41, 5.74) is 0.605. The third-order valence-electron chi connectivity index (χ3n) is 2.87. The number of nitrogens with zero attached hydrogens (tertiary/aromatic N) is 3. The van der Waals surface area contributed by atoms with Gasteiger partial charge in [0.05, 0.1) is 12.5 Å². The lowest BCUT2D eigenvalue weighted by molar-refractivity contribution is 0.0772. The van der Waals surface area contributed by atoms with Crippen LogP contribution in [0.4, 0.5) is 0 Å². The average molecular weight is 209 g/mol. The minimum Gasteiger partial charge on any atom is -0.396 e. The Morgan fingerprint density at radius 2 is 2.53 bits per heavy atom. The second-order valence-corrected chi connectivity index (χ2v) is 3.98. The lowest BCUT2D eigenvalue weighted by Gasteiger charge is -2.15. The number of imidazole rings is 1. The summed E-state index contributed by atoms with van der Waals surface area (Å²) in [5, 5.41) is 9.00. The van der Waals surface area contributed by atoms with Crippen molar-refractivity contribution in [2.75, 3.05) is 19.7 Å². The molecule has 1 aliphatic rings. The number of hydrogen-bond acceptors (Lipinski definition) is 3. The molecule has 2 rings (SSSR count). The average Bonchev–Trinajstić information content (AvgIpc) is 2.84. The molecule has 15 heavy (non-hydrogen) atoms. The molecule has 0 saturated carbocycles. The summed E-state index contributed by atoms with van der Waals surface area (Å²) in [4.78, 5) is 17.7. The van der Waals surface area contributed by atoms with Gasteiger partial charge < -0.3 is 14.6 Å². The van der Waals surface area contributed by atoms with Crippen molar-refractivity contribution in [1.29, 1.82) is 0 Å². The number of aromatic nitrogens is 2. The summed E-state index contributed by atoms with van der Waals surface area (Å²) in [7, 11) is 1.81. The van der Waals surface area contributed by atoms with E-state index in [1.807, 2.05) is 0 Å². The van der Waals surface area contributed by atoms with E-state index in [2.05, 4.69) is 4.98 Å². The predicted molar refractivity (Wildman–Crippen MR) is 54.3 cm³/mol. The smallest absolute Gasteiger partial charge is 0.272 e. The van der Waals surface area contributed by atoms with Crippen molar-refractivity contribution in [3.8, 4) is 0 Å². The minimum absolute atomic E-state index is 0.00551. The lowest BCUT2D eigenvalue weighted by atomic mass is 10.1. The summed E-state index contributed by atoms with van der Waals surface area (Å²) in [6.07, 6.45) is 4.08. The Labute approximate surface area is 88.3 Å². The number of aliphatic hydroxyl groups excluding tert-OH is 1. The van der Waals surface area contributed by atoms with E-state index >= 15 is 0 Å². The normalized spacial score (nSPS) is 20.9.